The molecule has 31 heavy (non-hydrogen) atoms. The van der Waals surface area contributed by atoms with Crippen LogP contribution in [0.1, 0.15) is 29.8 Å². The Hall–Kier alpha value is -3.07. The van der Waals surface area contributed by atoms with E-state index in [0.29, 0.717) is 17.2 Å². The molecule has 0 heterocycles. The molecule has 2 rings (SSSR count). The van der Waals surface area contributed by atoms with Gasteiger partial charge in [0.05, 0.1) is 27.5 Å². The molecule has 2 aromatic rings. The van der Waals surface area contributed by atoms with Crippen molar-refractivity contribution < 1.29 is 23.8 Å². The number of halogens is 1. The standard InChI is InChI=1S/C22H26BrN3O5/c1-13(2)19(22(28)26-24-12-14-6-8-16(23)9-7-14)25-21(27)15-10-17(29-3)20(31-5)18(11-15)30-4/h6-13,19H,1-5H3,(H,25,27)(H,26,28). The van der Waals surface area contributed by atoms with E-state index in [4.69, 9.17) is 14.2 Å². The summed E-state index contributed by atoms with van der Waals surface area (Å²) in [7, 11) is 4.41. The van der Waals surface area contributed by atoms with Crippen LogP contribution in [-0.2, 0) is 4.79 Å². The second-order valence-electron chi connectivity index (χ2n) is 6.89. The molecule has 2 aromatic carbocycles. The largest absolute Gasteiger partial charge is 0.493 e. The highest BCUT2D eigenvalue weighted by Gasteiger charge is 2.26. The maximum atomic E-state index is 12.8. The summed E-state index contributed by atoms with van der Waals surface area (Å²) in [5.41, 5.74) is 3.58. The summed E-state index contributed by atoms with van der Waals surface area (Å²) in [5.74, 6) is 0.0123. The number of benzene rings is 2. The van der Waals surface area contributed by atoms with Crippen molar-refractivity contribution in [2.45, 2.75) is 19.9 Å². The summed E-state index contributed by atoms with van der Waals surface area (Å²) in [6, 6.07) is 9.71. The summed E-state index contributed by atoms with van der Waals surface area (Å²) in [5, 5.41) is 6.73. The van der Waals surface area contributed by atoms with Gasteiger partial charge in [0.1, 0.15) is 6.04 Å². The van der Waals surface area contributed by atoms with Gasteiger partial charge in [-0.15, -0.1) is 0 Å². The third-order valence-corrected chi connectivity index (χ3v) is 4.95. The highest BCUT2D eigenvalue weighted by atomic mass is 79.9. The molecule has 0 aromatic heterocycles. The van der Waals surface area contributed by atoms with E-state index < -0.39 is 17.9 Å². The van der Waals surface area contributed by atoms with Crippen LogP contribution in [0.4, 0.5) is 0 Å². The van der Waals surface area contributed by atoms with E-state index in [1.165, 1.54) is 39.7 Å². The van der Waals surface area contributed by atoms with E-state index in [2.05, 4.69) is 31.8 Å². The first kappa shape index (κ1) is 24.2. The lowest BCUT2D eigenvalue weighted by Crippen LogP contribution is -2.48. The number of carbonyl (C=O) groups excluding carboxylic acids is 2. The fourth-order valence-corrected chi connectivity index (χ4v) is 3.02. The topological polar surface area (TPSA) is 98.2 Å². The van der Waals surface area contributed by atoms with Gasteiger partial charge in [0.25, 0.3) is 11.8 Å². The van der Waals surface area contributed by atoms with Crippen molar-refractivity contribution in [3.8, 4) is 17.2 Å². The smallest absolute Gasteiger partial charge is 0.262 e. The van der Waals surface area contributed by atoms with Crippen LogP contribution in [0.5, 0.6) is 17.2 Å². The first-order chi connectivity index (χ1) is 14.8. The Kier molecular flexibility index (Phi) is 8.87. The first-order valence-corrected chi connectivity index (χ1v) is 10.3. The molecular weight excluding hydrogens is 466 g/mol. The third kappa shape index (κ3) is 6.45. The fraction of sp³-hybridized carbons (Fsp3) is 0.318. The predicted molar refractivity (Wildman–Crippen MR) is 122 cm³/mol. The van der Waals surface area contributed by atoms with Gasteiger partial charge in [0.2, 0.25) is 5.75 Å². The molecule has 1 atom stereocenters. The predicted octanol–water partition coefficient (Wildman–Crippen LogP) is 3.38. The average molecular weight is 492 g/mol. The van der Waals surface area contributed by atoms with Gasteiger partial charge < -0.3 is 19.5 Å². The first-order valence-electron chi connectivity index (χ1n) is 9.50. The van der Waals surface area contributed by atoms with Gasteiger partial charge in [-0.25, -0.2) is 5.43 Å². The number of hydrogen-bond donors (Lipinski definition) is 2. The summed E-state index contributed by atoms with van der Waals surface area (Å²) in [4.78, 5) is 25.5. The lowest BCUT2D eigenvalue weighted by molar-refractivity contribution is -0.123. The van der Waals surface area contributed by atoms with E-state index >= 15 is 0 Å². The molecule has 166 valence electrons. The van der Waals surface area contributed by atoms with Gasteiger partial charge in [-0.3, -0.25) is 9.59 Å². The molecule has 1 unspecified atom stereocenters. The molecule has 0 bridgehead atoms. The van der Waals surface area contributed by atoms with Gasteiger partial charge in [0, 0.05) is 10.0 Å². The Morgan fingerprint density at radius 1 is 1.00 bits per heavy atom. The molecule has 0 spiro atoms. The lowest BCUT2D eigenvalue weighted by atomic mass is 10.0. The molecule has 0 aliphatic carbocycles. The zero-order valence-electron chi connectivity index (χ0n) is 18.1. The number of hydrazone groups is 1. The van der Waals surface area contributed by atoms with Gasteiger partial charge >= 0.3 is 0 Å². The lowest BCUT2D eigenvalue weighted by Gasteiger charge is -2.21. The van der Waals surface area contributed by atoms with Crippen molar-refractivity contribution in [1.29, 1.82) is 0 Å². The maximum absolute atomic E-state index is 12.8. The van der Waals surface area contributed by atoms with E-state index in [1.807, 2.05) is 38.1 Å². The summed E-state index contributed by atoms with van der Waals surface area (Å²) in [6.07, 6.45) is 1.53. The quantitative estimate of drug-likeness (QED) is 0.413. The number of methoxy groups -OCH3 is 3. The molecular formula is C22H26BrN3O5. The minimum absolute atomic E-state index is 0.172. The van der Waals surface area contributed by atoms with Crippen LogP contribution in [0.25, 0.3) is 0 Å². The summed E-state index contributed by atoms with van der Waals surface area (Å²) in [6.45, 7) is 3.66. The summed E-state index contributed by atoms with van der Waals surface area (Å²) >= 11 is 3.36. The zero-order chi connectivity index (χ0) is 23.0. The summed E-state index contributed by atoms with van der Waals surface area (Å²) < 4.78 is 16.8. The number of hydrogen-bond acceptors (Lipinski definition) is 6. The number of amides is 2. The molecule has 2 N–H and O–H groups in total. The van der Waals surface area contributed by atoms with E-state index in [-0.39, 0.29) is 11.5 Å². The zero-order valence-corrected chi connectivity index (χ0v) is 19.6. The molecule has 0 saturated heterocycles. The van der Waals surface area contributed by atoms with Crippen molar-refractivity contribution in [2.75, 3.05) is 21.3 Å². The number of ether oxygens (including phenoxy) is 3. The molecule has 0 aliphatic rings. The van der Waals surface area contributed by atoms with Crippen molar-refractivity contribution >= 4 is 34.0 Å². The normalized spacial score (nSPS) is 11.8. The van der Waals surface area contributed by atoms with Crippen molar-refractivity contribution in [3.63, 3.8) is 0 Å². The van der Waals surface area contributed by atoms with E-state index in [1.54, 1.807) is 0 Å². The van der Waals surface area contributed by atoms with Crippen LogP contribution >= 0.6 is 15.9 Å². The van der Waals surface area contributed by atoms with Crippen LogP contribution in [0, 0.1) is 5.92 Å². The monoisotopic (exact) mass is 491 g/mol. The van der Waals surface area contributed by atoms with Gasteiger partial charge in [-0.1, -0.05) is 41.9 Å². The number of carbonyl (C=O) groups is 2. The molecule has 0 aliphatic heterocycles. The van der Waals surface area contributed by atoms with Crippen LogP contribution in [0.3, 0.4) is 0 Å². The number of nitrogens with zero attached hydrogens (tertiary/aromatic N) is 1. The van der Waals surface area contributed by atoms with Gasteiger partial charge in [-0.2, -0.15) is 5.10 Å². The fourth-order valence-electron chi connectivity index (χ4n) is 2.76. The average Bonchev–Trinajstić information content (AvgIpc) is 2.77. The van der Waals surface area contributed by atoms with E-state index in [9.17, 15) is 9.59 Å². The molecule has 8 nitrogen and oxygen atoms in total. The molecule has 9 heteroatoms. The highest BCUT2D eigenvalue weighted by Crippen LogP contribution is 2.38. The minimum Gasteiger partial charge on any atom is -0.493 e. The van der Waals surface area contributed by atoms with Crippen LogP contribution in [-0.4, -0.2) is 45.4 Å². The number of nitrogens with one attached hydrogen (secondary N) is 2. The Labute approximate surface area is 190 Å². The number of rotatable bonds is 9. The van der Waals surface area contributed by atoms with Crippen molar-refractivity contribution in [1.82, 2.24) is 10.7 Å². The Morgan fingerprint density at radius 2 is 1.58 bits per heavy atom. The third-order valence-electron chi connectivity index (χ3n) is 4.42. The van der Waals surface area contributed by atoms with Crippen LogP contribution < -0.4 is 25.0 Å². The Morgan fingerprint density at radius 3 is 2.06 bits per heavy atom. The molecule has 2 amide bonds. The molecule has 0 saturated carbocycles. The second-order valence-corrected chi connectivity index (χ2v) is 7.81. The Balaban J connectivity index is 2.14. The molecule has 0 fully saturated rings. The van der Waals surface area contributed by atoms with Crippen molar-refractivity contribution in [2.24, 2.45) is 11.0 Å². The van der Waals surface area contributed by atoms with Crippen LogP contribution in [0.2, 0.25) is 0 Å². The van der Waals surface area contributed by atoms with Crippen LogP contribution in [0.15, 0.2) is 46.0 Å². The maximum Gasteiger partial charge on any atom is 0.262 e. The SMILES string of the molecule is COc1cc(C(=O)NC(C(=O)NN=Cc2ccc(Br)cc2)C(C)C)cc(OC)c1OC. The van der Waals surface area contributed by atoms with Gasteiger partial charge in [-0.05, 0) is 35.7 Å². The van der Waals surface area contributed by atoms with E-state index in [0.717, 1.165) is 10.0 Å². The van der Waals surface area contributed by atoms with Gasteiger partial charge in [0.15, 0.2) is 11.5 Å². The highest BCUT2D eigenvalue weighted by molar-refractivity contribution is 9.10. The second kappa shape index (κ2) is 11.4. The van der Waals surface area contributed by atoms with Crippen molar-refractivity contribution in [3.05, 3.63) is 52.0 Å². The Bertz CT molecular complexity index is 920. The molecule has 0 radical (unpaired) electrons. The minimum atomic E-state index is -0.798.